The summed E-state index contributed by atoms with van der Waals surface area (Å²) in [5.41, 5.74) is 1.47. The number of nitrogens with zero attached hydrogens (tertiary/aromatic N) is 3. The van der Waals surface area contributed by atoms with Crippen LogP contribution in [0.15, 0.2) is 36.4 Å². The molecule has 0 radical (unpaired) electrons. The van der Waals surface area contributed by atoms with Gasteiger partial charge in [-0.1, -0.05) is 0 Å². The maximum atomic E-state index is 13.5. The Balaban J connectivity index is 1.78. The number of rotatable bonds is 6. The van der Waals surface area contributed by atoms with Gasteiger partial charge in [0.1, 0.15) is 5.82 Å². The third-order valence-electron chi connectivity index (χ3n) is 4.13. The van der Waals surface area contributed by atoms with Crippen molar-refractivity contribution in [1.82, 2.24) is 10.3 Å². The van der Waals surface area contributed by atoms with Crippen molar-refractivity contribution >= 4 is 28.7 Å². The Morgan fingerprint density at radius 1 is 1.30 bits per heavy atom. The van der Waals surface area contributed by atoms with E-state index in [0.29, 0.717) is 24.6 Å². The molecule has 1 aromatic heterocycles. The van der Waals surface area contributed by atoms with E-state index in [1.807, 2.05) is 30.9 Å². The molecule has 2 heterocycles. The average molecular weight is 374 g/mol. The molecule has 1 atom stereocenters. The second-order valence-corrected chi connectivity index (χ2v) is 6.66. The normalized spacial score (nSPS) is 17.0. The predicted molar refractivity (Wildman–Crippen MR) is 104 cm³/mol. The average Bonchev–Trinajstić information content (AvgIpc) is 2.62. The highest BCUT2D eigenvalue weighted by molar-refractivity contribution is 5.69. The van der Waals surface area contributed by atoms with Gasteiger partial charge in [0.25, 0.3) is 0 Å². The van der Waals surface area contributed by atoms with Gasteiger partial charge in [0.05, 0.1) is 11.5 Å². The molecule has 2 aromatic rings. The van der Waals surface area contributed by atoms with Crippen LogP contribution in [0.2, 0.25) is 0 Å². The number of aromatic nitrogens is 1. The zero-order chi connectivity index (χ0) is 19.4. The number of piperazine rings is 1. The van der Waals surface area contributed by atoms with Crippen LogP contribution in [0.1, 0.15) is 13.8 Å². The summed E-state index contributed by atoms with van der Waals surface area (Å²) in [6, 6.07) is 10.5. The fourth-order valence-corrected chi connectivity index (χ4v) is 2.90. The van der Waals surface area contributed by atoms with Crippen molar-refractivity contribution in [3.8, 4) is 0 Å². The Morgan fingerprint density at radius 2 is 2.04 bits per heavy atom. The van der Waals surface area contributed by atoms with Gasteiger partial charge in [-0.2, -0.15) is 0 Å². The van der Waals surface area contributed by atoms with Crippen LogP contribution in [0.3, 0.4) is 0 Å². The van der Waals surface area contributed by atoms with Gasteiger partial charge < -0.3 is 15.5 Å². The van der Waals surface area contributed by atoms with Crippen molar-refractivity contribution in [2.45, 2.75) is 26.2 Å². The zero-order valence-electron chi connectivity index (χ0n) is 15.3. The third-order valence-corrected chi connectivity index (χ3v) is 4.13. The lowest BCUT2D eigenvalue weighted by Gasteiger charge is -2.31. The largest absolute Gasteiger partial charge is 0.368 e. The maximum absolute atomic E-state index is 13.5. The van der Waals surface area contributed by atoms with Gasteiger partial charge in [0.15, 0.2) is 6.30 Å². The molecule has 1 unspecified atom stereocenters. The number of alkyl halides is 1. The van der Waals surface area contributed by atoms with E-state index < -0.39 is 11.2 Å². The topological polar surface area (TPSA) is 95.4 Å². The van der Waals surface area contributed by atoms with Gasteiger partial charge in [-0.25, -0.2) is 9.37 Å². The first-order valence-electron chi connectivity index (χ1n) is 8.84. The van der Waals surface area contributed by atoms with E-state index in [4.69, 9.17) is 0 Å². The van der Waals surface area contributed by atoms with Crippen molar-refractivity contribution < 1.29 is 9.31 Å². The first-order chi connectivity index (χ1) is 12.9. The van der Waals surface area contributed by atoms with Crippen molar-refractivity contribution in [1.29, 1.82) is 0 Å². The molecule has 27 heavy (non-hydrogen) atoms. The first-order valence-corrected chi connectivity index (χ1v) is 8.84. The molecule has 3 N–H and O–H groups in total. The van der Waals surface area contributed by atoms with Crippen molar-refractivity contribution in [3.05, 3.63) is 46.5 Å². The number of anilines is 4. The number of benzene rings is 1. The molecule has 3 rings (SSSR count). The van der Waals surface area contributed by atoms with E-state index in [9.17, 15) is 14.5 Å². The summed E-state index contributed by atoms with van der Waals surface area (Å²) in [6.45, 7) is 5.54. The minimum atomic E-state index is -1.04. The van der Waals surface area contributed by atoms with Gasteiger partial charge in [-0.05, 0) is 44.2 Å². The third kappa shape index (κ3) is 4.82. The molecular weight excluding hydrogens is 351 g/mol. The number of halogens is 1. The van der Waals surface area contributed by atoms with Crippen LogP contribution in [0, 0.1) is 10.1 Å². The summed E-state index contributed by atoms with van der Waals surface area (Å²) in [6.07, 6.45) is -1.04. The van der Waals surface area contributed by atoms with E-state index in [1.165, 1.54) is 6.07 Å². The summed E-state index contributed by atoms with van der Waals surface area (Å²) >= 11 is 0. The maximum Gasteiger partial charge on any atom is 0.311 e. The molecule has 1 saturated heterocycles. The van der Waals surface area contributed by atoms with Crippen molar-refractivity contribution in [2.75, 3.05) is 35.2 Å². The van der Waals surface area contributed by atoms with E-state index in [2.05, 4.69) is 20.9 Å². The molecule has 8 nitrogen and oxygen atoms in total. The van der Waals surface area contributed by atoms with E-state index in [0.717, 1.165) is 12.2 Å². The predicted octanol–water partition coefficient (Wildman–Crippen LogP) is 3.26. The summed E-state index contributed by atoms with van der Waals surface area (Å²) in [7, 11) is 0. The second kappa shape index (κ2) is 8.17. The van der Waals surface area contributed by atoms with Crippen molar-refractivity contribution in [2.24, 2.45) is 0 Å². The minimum Gasteiger partial charge on any atom is -0.368 e. The van der Waals surface area contributed by atoms with Crippen LogP contribution in [-0.4, -0.2) is 41.9 Å². The minimum absolute atomic E-state index is 0.101. The summed E-state index contributed by atoms with van der Waals surface area (Å²) < 4.78 is 13.5. The smallest absolute Gasteiger partial charge is 0.311 e. The van der Waals surface area contributed by atoms with E-state index in [-0.39, 0.29) is 17.5 Å². The van der Waals surface area contributed by atoms with Gasteiger partial charge in [-0.15, -0.1) is 0 Å². The van der Waals surface area contributed by atoms with E-state index >= 15 is 0 Å². The standard InChI is InChI=1S/C18H23FN6O2/c1-12(2)21-17-8-7-15(25(26)27)18(23-17)22-13-3-5-14(6-4-13)24-10-9-20-16(19)11-24/h3-8,12,16,20H,9-11H2,1-2H3,(H2,21,22,23). The number of nitrogens with one attached hydrogen (secondary N) is 3. The van der Waals surface area contributed by atoms with E-state index in [1.54, 1.807) is 18.2 Å². The Labute approximate surface area is 156 Å². The van der Waals surface area contributed by atoms with Crippen LogP contribution in [0.25, 0.3) is 0 Å². The molecule has 0 amide bonds. The fraction of sp³-hybridized carbons (Fsp3) is 0.389. The first kappa shape index (κ1) is 18.8. The molecule has 1 aliphatic rings. The number of nitro groups is 1. The molecule has 1 aromatic carbocycles. The summed E-state index contributed by atoms with van der Waals surface area (Å²) in [5.74, 6) is 0.730. The monoisotopic (exact) mass is 374 g/mol. The van der Waals surface area contributed by atoms with Crippen LogP contribution >= 0.6 is 0 Å². The molecule has 144 valence electrons. The molecule has 1 aliphatic heterocycles. The highest BCUT2D eigenvalue weighted by Crippen LogP contribution is 2.28. The molecule has 0 spiro atoms. The van der Waals surface area contributed by atoms with Gasteiger partial charge >= 0.3 is 5.69 Å². The van der Waals surface area contributed by atoms with Crippen LogP contribution < -0.4 is 20.9 Å². The van der Waals surface area contributed by atoms with Gasteiger partial charge in [-0.3, -0.25) is 15.4 Å². The fourth-order valence-electron chi connectivity index (χ4n) is 2.90. The Morgan fingerprint density at radius 3 is 2.67 bits per heavy atom. The quantitative estimate of drug-likeness (QED) is 0.406. The number of hydrogen-bond acceptors (Lipinski definition) is 7. The van der Waals surface area contributed by atoms with Crippen LogP contribution in [0.5, 0.6) is 0 Å². The van der Waals surface area contributed by atoms with Gasteiger partial charge in [0.2, 0.25) is 5.82 Å². The summed E-state index contributed by atoms with van der Waals surface area (Å²) in [5, 5.41) is 20.2. The summed E-state index contributed by atoms with van der Waals surface area (Å²) in [4.78, 5) is 17.1. The highest BCUT2D eigenvalue weighted by atomic mass is 19.1. The number of hydrogen-bond donors (Lipinski definition) is 3. The van der Waals surface area contributed by atoms with Gasteiger partial charge in [0, 0.05) is 36.6 Å². The highest BCUT2D eigenvalue weighted by Gasteiger charge is 2.19. The molecule has 9 heteroatoms. The molecular formula is C18H23FN6O2. The Bertz CT molecular complexity index is 799. The molecule has 1 fully saturated rings. The zero-order valence-corrected chi connectivity index (χ0v) is 15.3. The van der Waals surface area contributed by atoms with Crippen molar-refractivity contribution in [3.63, 3.8) is 0 Å². The van der Waals surface area contributed by atoms with Crippen LogP contribution in [0.4, 0.5) is 33.1 Å². The SMILES string of the molecule is CC(C)Nc1ccc([N+](=O)[O-])c(Nc2ccc(N3CCNC(F)C3)cc2)n1. The van der Waals surface area contributed by atoms with Crippen LogP contribution in [-0.2, 0) is 0 Å². The molecule has 0 bridgehead atoms. The molecule has 0 aliphatic carbocycles. The molecule has 0 saturated carbocycles. The lowest BCUT2D eigenvalue weighted by atomic mass is 10.2. The lowest BCUT2D eigenvalue weighted by molar-refractivity contribution is -0.384. The number of pyridine rings is 1. The lowest BCUT2D eigenvalue weighted by Crippen LogP contribution is -2.48. The second-order valence-electron chi connectivity index (χ2n) is 6.66. The Hall–Kier alpha value is -2.94. The Kier molecular flexibility index (Phi) is 5.70.